The van der Waals surface area contributed by atoms with Crippen molar-refractivity contribution in [1.29, 1.82) is 0 Å². The number of hydrogen-bond acceptors (Lipinski definition) is 8. The molecule has 216 valence electrons. The first kappa shape index (κ1) is 30.5. The van der Waals surface area contributed by atoms with Gasteiger partial charge < -0.3 is 15.4 Å². The third-order valence-electron chi connectivity index (χ3n) is 5.84. The molecule has 0 aliphatic rings. The van der Waals surface area contributed by atoms with Crippen LogP contribution in [0.2, 0.25) is 0 Å². The van der Waals surface area contributed by atoms with Gasteiger partial charge in [-0.05, 0) is 62.7 Å². The number of aryl methyl sites for hydroxylation is 1. The zero-order chi connectivity index (χ0) is 29.9. The van der Waals surface area contributed by atoms with E-state index in [-0.39, 0.29) is 16.9 Å². The van der Waals surface area contributed by atoms with Crippen LogP contribution < -0.4 is 20.7 Å². The number of carbonyl (C=O) groups excluding carboxylic acids is 3. The molecular formula is C31H31N5O4S2. The van der Waals surface area contributed by atoms with Crippen molar-refractivity contribution in [3.63, 3.8) is 0 Å². The highest BCUT2D eigenvalue weighted by atomic mass is 32.2. The van der Waals surface area contributed by atoms with Gasteiger partial charge in [0.15, 0.2) is 0 Å². The first-order valence-electron chi connectivity index (χ1n) is 13.3. The Labute approximate surface area is 252 Å². The van der Waals surface area contributed by atoms with Crippen LogP contribution in [-0.4, -0.2) is 39.8 Å². The minimum Gasteiger partial charge on any atom is -0.493 e. The van der Waals surface area contributed by atoms with Crippen molar-refractivity contribution in [1.82, 2.24) is 15.5 Å². The number of nitrogens with zero attached hydrogens (tertiary/aromatic N) is 2. The van der Waals surface area contributed by atoms with Gasteiger partial charge in [-0.1, -0.05) is 60.7 Å². The summed E-state index contributed by atoms with van der Waals surface area (Å²) in [5.74, 6) is -0.512. The van der Waals surface area contributed by atoms with Crippen molar-refractivity contribution in [2.75, 3.05) is 17.2 Å². The molecule has 42 heavy (non-hydrogen) atoms. The summed E-state index contributed by atoms with van der Waals surface area (Å²) in [4.78, 5) is 40.2. The summed E-state index contributed by atoms with van der Waals surface area (Å²) in [7, 11) is 0. The Balaban J connectivity index is 1.53. The molecule has 0 saturated heterocycles. The van der Waals surface area contributed by atoms with E-state index in [4.69, 9.17) is 4.74 Å². The third kappa shape index (κ3) is 8.51. The van der Waals surface area contributed by atoms with E-state index in [1.807, 2.05) is 51.1 Å². The van der Waals surface area contributed by atoms with Gasteiger partial charge in [-0.2, -0.15) is 0 Å². The lowest BCUT2D eigenvalue weighted by molar-refractivity contribution is -0.116. The Kier molecular flexibility index (Phi) is 10.8. The van der Waals surface area contributed by atoms with Crippen molar-refractivity contribution in [2.45, 2.75) is 37.3 Å². The van der Waals surface area contributed by atoms with Crippen LogP contribution >= 0.6 is 23.1 Å². The second kappa shape index (κ2) is 14.9. The summed E-state index contributed by atoms with van der Waals surface area (Å²) in [6.07, 6.45) is 2.18. The van der Waals surface area contributed by atoms with Crippen LogP contribution in [0.3, 0.4) is 0 Å². The molecule has 11 heteroatoms. The normalized spacial score (nSPS) is 11.8. The van der Waals surface area contributed by atoms with Gasteiger partial charge in [-0.25, -0.2) is 0 Å². The lowest BCUT2D eigenvalue weighted by Crippen LogP contribution is -2.30. The fraction of sp³-hybridized carbons (Fsp3) is 0.194. The maximum Gasteiger partial charge on any atom is 0.272 e. The first-order valence-corrected chi connectivity index (χ1v) is 15.0. The maximum atomic E-state index is 13.5. The third-order valence-corrected chi connectivity index (χ3v) is 7.95. The number of para-hydroxylation sites is 1. The molecule has 3 N–H and O–H groups in total. The van der Waals surface area contributed by atoms with Crippen molar-refractivity contribution >= 4 is 57.7 Å². The fourth-order valence-electron chi connectivity index (χ4n) is 3.85. The average Bonchev–Trinajstić information content (AvgIpc) is 3.41. The van der Waals surface area contributed by atoms with Crippen LogP contribution in [0.15, 0.2) is 89.5 Å². The van der Waals surface area contributed by atoms with Crippen LogP contribution in [-0.2, 0) is 9.59 Å². The van der Waals surface area contributed by atoms with Gasteiger partial charge in [-0.15, -0.1) is 22.0 Å². The molecule has 0 radical (unpaired) electrons. The van der Waals surface area contributed by atoms with E-state index in [2.05, 4.69) is 26.1 Å². The number of anilines is 2. The molecule has 0 aliphatic heterocycles. The Morgan fingerprint density at radius 1 is 0.952 bits per heavy atom. The lowest BCUT2D eigenvalue weighted by atomic mass is 10.1. The van der Waals surface area contributed by atoms with Gasteiger partial charge in [0.05, 0.1) is 11.9 Å². The predicted molar refractivity (Wildman–Crippen MR) is 168 cm³/mol. The Bertz CT molecular complexity index is 1570. The molecule has 0 bridgehead atoms. The molecule has 1 atom stereocenters. The molecule has 0 saturated carbocycles. The van der Waals surface area contributed by atoms with Crippen molar-refractivity contribution < 1.29 is 19.1 Å². The highest BCUT2D eigenvalue weighted by Gasteiger charge is 2.20. The largest absolute Gasteiger partial charge is 0.493 e. The quantitative estimate of drug-likeness (QED) is 0.131. The SMILES string of the molecule is CCOc1ccccc1/C=C(/NC(=O)c1ccccc1)C(=O)Nc1cccc(SC(CC)C(=O)Nc2nnc(C)s2)c1. The van der Waals surface area contributed by atoms with Crippen molar-refractivity contribution in [2.24, 2.45) is 0 Å². The van der Waals surface area contributed by atoms with E-state index in [9.17, 15) is 14.4 Å². The molecule has 1 aromatic heterocycles. The summed E-state index contributed by atoms with van der Waals surface area (Å²) in [6.45, 7) is 6.08. The Hall–Kier alpha value is -4.48. The zero-order valence-electron chi connectivity index (χ0n) is 23.4. The molecule has 1 unspecified atom stereocenters. The maximum absolute atomic E-state index is 13.5. The summed E-state index contributed by atoms with van der Waals surface area (Å²) in [6, 6.07) is 23.2. The first-order chi connectivity index (χ1) is 20.4. The fourth-order valence-corrected chi connectivity index (χ4v) is 5.46. The van der Waals surface area contributed by atoms with Gasteiger partial charge in [0.2, 0.25) is 11.0 Å². The van der Waals surface area contributed by atoms with Crippen LogP contribution in [0.5, 0.6) is 5.75 Å². The second-order valence-electron chi connectivity index (χ2n) is 8.96. The lowest BCUT2D eigenvalue weighted by Gasteiger charge is -2.15. The number of thioether (sulfide) groups is 1. The molecule has 4 rings (SSSR count). The monoisotopic (exact) mass is 601 g/mol. The molecule has 0 spiro atoms. The molecular weight excluding hydrogens is 571 g/mol. The number of ether oxygens (including phenoxy) is 1. The van der Waals surface area contributed by atoms with E-state index >= 15 is 0 Å². The molecule has 3 aromatic carbocycles. The smallest absolute Gasteiger partial charge is 0.272 e. The summed E-state index contributed by atoms with van der Waals surface area (Å²) in [5.41, 5.74) is 1.62. The number of nitrogens with one attached hydrogen (secondary N) is 3. The average molecular weight is 602 g/mol. The van der Waals surface area contributed by atoms with Crippen molar-refractivity contribution in [3.05, 3.63) is 101 Å². The van der Waals surface area contributed by atoms with Crippen LogP contribution in [0.1, 0.15) is 41.2 Å². The van der Waals surface area contributed by atoms with Gasteiger partial charge >= 0.3 is 0 Å². The van der Waals surface area contributed by atoms with Crippen LogP contribution in [0, 0.1) is 6.92 Å². The van der Waals surface area contributed by atoms with Crippen molar-refractivity contribution in [3.8, 4) is 5.75 Å². The number of rotatable bonds is 12. The van der Waals surface area contributed by atoms with E-state index < -0.39 is 11.8 Å². The summed E-state index contributed by atoms with van der Waals surface area (Å²) >= 11 is 2.70. The number of carbonyl (C=O) groups is 3. The van der Waals surface area contributed by atoms with E-state index in [0.29, 0.717) is 40.7 Å². The Morgan fingerprint density at radius 3 is 2.43 bits per heavy atom. The van der Waals surface area contributed by atoms with Gasteiger partial charge in [0.25, 0.3) is 11.8 Å². The van der Waals surface area contributed by atoms with Crippen LogP contribution in [0.25, 0.3) is 6.08 Å². The molecule has 1 heterocycles. The molecule has 0 aliphatic carbocycles. The van der Waals surface area contributed by atoms with E-state index in [0.717, 1.165) is 9.90 Å². The predicted octanol–water partition coefficient (Wildman–Crippen LogP) is 6.16. The summed E-state index contributed by atoms with van der Waals surface area (Å²) in [5, 5.41) is 17.2. The number of aromatic nitrogens is 2. The van der Waals surface area contributed by atoms with Gasteiger partial charge in [-0.3, -0.25) is 19.7 Å². The zero-order valence-corrected chi connectivity index (χ0v) is 25.1. The topological polar surface area (TPSA) is 122 Å². The van der Waals surface area contributed by atoms with Gasteiger partial charge in [0.1, 0.15) is 16.5 Å². The molecule has 9 nitrogen and oxygen atoms in total. The number of amides is 3. The molecule has 0 fully saturated rings. The number of hydrogen-bond donors (Lipinski definition) is 3. The minimum atomic E-state index is -0.510. The highest BCUT2D eigenvalue weighted by Crippen LogP contribution is 2.29. The Morgan fingerprint density at radius 2 is 1.71 bits per heavy atom. The number of benzene rings is 3. The van der Waals surface area contributed by atoms with Crippen LogP contribution in [0.4, 0.5) is 10.8 Å². The molecule has 3 amide bonds. The van der Waals surface area contributed by atoms with Gasteiger partial charge in [0, 0.05) is 21.7 Å². The second-order valence-corrected chi connectivity index (χ2v) is 11.4. The summed E-state index contributed by atoms with van der Waals surface area (Å²) < 4.78 is 5.72. The standard InChI is InChI=1S/C31H31N5O4S2/c1-4-27(30(39)34-31-36-35-20(3)41-31)42-24-16-11-15-23(19-24)32-29(38)25(33-28(37)21-12-7-6-8-13-21)18-22-14-9-10-17-26(22)40-5-2/h6-19,27H,4-5H2,1-3H3,(H,32,38)(H,33,37)(H,34,36,39)/b25-18+. The van der Waals surface area contributed by atoms with E-state index in [1.165, 1.54) is 23.1 Å². The molecule has 4 aromatic rings. The highest BCUT2D eigenvalue weighted by molar-refractivity contribution is 8.00. The van der Waals surface area contributed by atoms with E-state index in [1.54, 1.807) is 54.6 Å². The minimum absolute atomic E-state index is 0.0484.